The third-order valence-electron chi connectivity index (χ3n) is 4.18. The number of amides is 2. The molecule has 0 aliphatic heterocycles. The number of furan rings is 1. The third-order valence-corrected chi connectivity index (χ3v) is 4.18. The van der Waals surface area contributed by atoms with Gasteiger partial charge in [-0.05, 0) is 38.3 Å². The summed E-state index contributed by atoms with van der Waals surface area (Å²) in [5, 5.41) is 9.90. The van der Waals surface area contributed by atoms with Crippen molar-refractivity contribution in [2.24, 2.45) is 7.05 Å². The summed E-state index contributed by atoms with van der Waals surface area (Å²) >= 11 is 0. The molecule has 0 radical (unpaired) electrons. The minimum absolute atomic E-state index is 0.0529. The highest BCUT2D eigenvalue weighted by molar-refractivity contribution is 5.95. The lowest BCUT2D eigenvalue weighted by atomic mass is 9.93. The summed E-state index contributed by atoms with van der Waals surface area (Å²) in [7, 11) is 1.91. The van der Waals surface area contributed by atoms with Gasteiger partial charge in [-0.2, -0.15) is 5.10 Å². The number of carbonyl (C=O) groups is 2. The largest absolute Gasteiger partial charge is 0.459 e. The van der Waals surface area contributed by atoms with Gasteiger partial charge in [0.25, 0.3) is 5.91 Å². The predicted molar refractivity (Wildman–Crippen MR) is 82.7 cm³/mol. The maximum Gasteiger partial charge on any atom is 0.287 e. The Morgan fingerprint density at radius 1 is 1.48 bits per heavy atom. The first-order valence-corrected chi connectivity index (χ1v) is 7.71. The fourth-order valence-electron chi connectivity index (χ4n) is 2.89. The summed E-state index contributed by atoms with van der Waals surface area (Å²) in [5.41, 5.74) is 2.23. The van der Waals surface area contributed by atoms with Crippen molar-refractivity contribution in [3.8, 4) is 0 Å². The molecule has 0 aromatic carbocycles. The van der Waals surface area contributed by atoms with Crippen LogP contribution < -0.4 is 10.6 Å². The molecule has 2 N–H and O–H groups in total. The number of hydrogen-bond acceptors (Lipinski definition) is 4. The van der Waals surface area contributed by atoms with Gasteiger partial charge in [-0.15, -0.1) is 0 Å². The van der Waals surface area contributed by atoms with E-state index in [0.29, 0.717) is 0 Å². The highest BCUT2D eigenvalue weighted by atomic mass is 16.3. The third kappa shape index (κ3) is 3.13. The highest BCUT2D eigenvalue weighted by Crippen LogP contribution is 2.29. The first-order valence-electron chi connectivity index (χ1n) is 7.71. The number of aromatic nitrogens is 2. The van der Waals surface area contributed by atoms with Crippen molar-refractivity contribution in [1.29, 1.82) is 0 Å². The standard InChI is InChI=1S/C16H20N4O3/c1-10(18-16(22)14-7-4-8-23-14)15(21)19-12-5-3-6-13-11(12)9-17-20(13)2/h4,7-10,12H,3,5-6H2,1-2H3,(H,18,22)(H,19,21). The maximum atomic E-state index is 12.3. The molecule has 23 heavy (non-hydrogen) atoms. The van der Waals surface area contributed by atoms with Gasteiger partial charge in [-0.1, -0.05) is 0 Å². The Hall–Kier alpha value is -2.57. The highest BCUT2D eigenvalue weighted by Gasteiger charge is 2.27. The molecule has 0 spiro atoms. The zero-order chi connectivity index (χ0) is 16.4. The second-order valence-electron chi connectivity index (χ2n) is 5.80. The Balaban J connectivity index is 1.62. The summed E-state index contributed by atoms with van der Waals surface area (Å²) in [5.74, 6) is -0.424. The van der Waals surface area contributed by atoms with Crippen molar-refractivity contribution in [3.05, 3.63) is 41.6 Å². The molecule has 122 valence electrons. The van der Waals surface area contributed by atoms with Crippen LogP contribution in [0.3, 0.4) is 0 Å². The molecular weight excluding hydrogens is 296 g/mol. The molecule has 2 aromatic heterocycles. The van der Waals surface area contributed by atoms with E-state index in [1.807, 2.05) is 17.9 Å². The van der Waals surface area contributed by atoms with Crippen molar-refractivity contribution in [2.45, 2.75) is 38.3 Å². The van der Waals surface area contributed by atoms with Crippen LogP contribution in [0.15, 0.2) is 29.0 Å². The van der Waals surface area contributed by atoms with Gasteiger partial charge in [-0.3, -0.25) is 14.3 Å². The fraction of sp³-hybridized carbons (Fsp3) is 0.438. The Bertz CT molecular complexity index is 705. The summed E-state index contributed by atoms with van der Waals surface area (Å²) in [6.07, 6.45) is 6.09. The van der Waals surface area contributed by atoms with Gasteiger partial charge in [-0.25, -0.2) is 0 Å². The molecule has 2 heterocycles. The molecule has 1 aliphatic carbocycles. The van der Waals surface area contributed by atoms with Gasteiger partial charge in [0.15, 0.2) is 5.76 Å². The van der Waals surface area contributed by atoms with Crippen molar-refractivity contribution >= 4 is 11.8 Å². The number of hydrogen-bond donors (Lipinski definition) is 2. The Morgan fingerprint density at radius 3 is 3.04 bits per heavy atom. The average Bonchev–Trinajstić information content (AvgIpc) is 3.18. The molecule has 7 nitrogen and oxygen atoms in total. The first kappa shape index (κ1) is 15.3. The summed E-state index contributed by atoms with van der Waals surface area (Å²) in [4.78, 5) is 24.3. The second-order valence-corrected chi connectivity index (χ2v) is 5.80. The lowest BCUT2D eigenvalue weighted by Crippen LogP contribution is -2.46. The van der Waals surface area contributed by atoms with Crippen molar-refractivity contribution in [3.63, 3.8) is 0 Å². The molecule has 2 aromatic rings. The van der Waals surface area contributed by atoms with Crippen LogP contribution in [0.25, 0.3) is 0 Å². The van der Waals surface area contributed by atoms with E-state index in [4.69, 9.17) is 4.42 Å². The minimum atomic E-state index is -0.644. The van der Waals surface area contributed by atoms with Gasteiger partial charge in [0.1, 0.15) is 6.04 Å². The van der Waals surface area contributed by atoms with Gasteiger partial charge in [0.2, 0.25) is 5.91 Å². The zero-order valence-electron chi connectivity index (χ0n) is 13.2. The number of fused-ring (bicyclic) bond motifs is 1. The lowest BCUT2D eigenvalue weighted by Gasteiger charge is -2.25. The van der Waals surface area contributed by atoms with E-state index in [9.17, 15) is 9.59 Å². The van der Waals surface area contributed by atoms with Crippen LogP contribution in [0.4, 0.5) is 0 Å². The van der Waals surface area contributed by atoms with Crippen LogP contribution >= 0.6 is 0 Å². The normalized spacial score (nSPS) is 18.1. The van der Waals surface area contributed by atoms with Crippen LogP contribution in [-0.2, 0) is 18.3 Å². The van der Waals surface area contributed by atoms with Gasteiger partial charge in [0, 0.05) is 18.3 Å². The van der Waals surface area contributed by atoms with Gasteiger partial charge in [0.05, 0.1) is 18.5 Å². The smallest absolute Gasteiger partial charge is 0.287 e. The molecule has 3 rings (SSSR count). The van der Waals surface area contributed by atoms with Crippen molar-refractivity contribution in [1.82, 2.24) is 20.4 Å². The van der Waals surface area contributed by atoms with E-state index in [0.717, 1.165) is 30.5 Å². The second kappa shape index (κ2) is 6.28. The quantitative estimate of drug-likeness (QED) is 0.890. The van der Waals surface area contributed by atoms with Crippen LogP contribution in [0.1, 0.15) is 47.6 Å². The van der Waals surface area contributed by atoms with Gasteiger partial charge >= 0.3 is 0 Å². The molecule has 0 bridgehead atoms. The van der Waals surface area contributed by atoms with E-state index in [1.165, 1.54) is 6.26 Å². The van der Waals surface area contributed by atoms with Crippen LogP contribution in [0.5, 0.6) is 0 Å². The monoisotopic (exact) mass is 316 g/mol. The topological polar surface area (TPSA) is 89.2 Å². The Labute approximate surface area is 134 Å². The molecule has 0 fully saturated rings. The van der Waals surface area contributed by atoms with E-state index in [-0.39, 0.29) is 17.7 Å². The zero-order valence-corrected chi connectivity index (χ0v) is 13.2. The molecule has 2 amide bonds. The number of aryl methyl sites for hydroxylation is 1. The van der Waals surface area contributed by atoms with Crippen molar-refractivity contribution in [2.75, 3.05) is 0 Å². The van der Waals surface area contributed by atoms with Crippen LogP contribution in [0.2, 0.25) is 0 Å². The molecule has 0 saturated heterocycles. The fourth-order valence-corrected chi connectivity index (χ4v) is 2.89. The molecule has 0 saturated carbocycles. The lowest BCUT2D eigenvalue weighted by molar-refractivity contribution is -0.123. The minimum Gasteiger partial charge on any atom is -0.459 e. The van der Waals surface area contributed by atoms with Gasteiger partial charge < -0.3 is 15.1 Å². The molecule has 2 unspecified atom stereocenters. The van der Waals surface area contributed by atoms with E-state index < -0.39 is 11.9 Å². The molecular formula is C16H20N4O3. The first-order chi connectivity index (χ1) is 11.1. The Morgan fingerprint density at radius 2 is 2.30 bits per heavy atom. The summed E-state index contributed by atoms with van der Waals surface area (Å²) < 4.78 is 6.88. The maximum absolute atomic E-state index is 12.3. The summed E-state index contributed by atoms with van der Waals surface area (Å²) in [6.45, 7) is 1.66. The van der Waals surface area contributed by atoms with Crippen LogP contribution in [0, 0.1) is 0 Å². The van der Waals surface area contributed by atoms with E-state index in [1.54, 1.807) is 19.1 Å². The number of nitrogens with one attached hydrogen (secondary N) is 2. The number of nitrogens with zero attached hydrogens (tertiary/aromatic N) is 2. The molecule has 1 aliphatic rings. The SMILES string of the molecule is CC(NC(=O)c1ccco1)C(=O)NC1CCCc2c1cnn2C. The number of rotatable bonds is 4. The molecule has 2 atom stereocenters. The number of carbonyl (C=O) groups excluding carboxylic acids is 2. The van der Waals surface area contributed by atoms with E-state index in [2.05, 4.69) is 15.7 Å². The summed E-state index contributed by atoms with van der Waals surface area (Å²) in [6, 6.07) is 2.49. The van der Waals surface area contributed by atoms with E-state index >= 15 is 0 Å². The average molecular weight is 316 g/mol. The molecule has 7 heteroatoms. The Kier molecular flexibility index (Phi) is 4.18. The van der Waals surface area contributed by atoms with Crippen LogP contribution in [-0.4, -0.2) is 27.6 Å². The predicted octanol–water partition coefficient (Wildman–Crippen LogP) is 1.33. The van der Waals surface area contributed by atoms with Crippen molar-refractivity contribution < 1.29 is 14.0 Å².